The highest BCUT2D eigenvalue weighted by molar-refractivity contribution is 7.27. The highest BCUT2D eigenvalue weighted by Crippen LogP contribution is 2.45. The maximum absolute atomic E-state index is 5.03. The van der Waals surface area contributed by atoms with Crippen LogP contribution in [0.25, 0.3) is 113 Å². The lowest BCUT2D eigenvalue weighted by molar-refractivity contribution is 1.07. The van der Waals surface area contributed by atoms with Crippen molar-refractivity contribution in [2.75, 3.05) is 0 Å². The fraction of sp³-hybridized carbons (Fsp3) is 0. The summed E-state index contributed by atoms with van der Waals surface area (Å²) in [5.41, 5.74) is 9.01. The molecule has 0 N–H and O–H groups in total. The van der Waals surface area contributed by atoms with Gasteiger partial charge < -0.3 is 4.57 Å². The van der Waals surface area contributed by atoms with E-state index in [2.05, 4.69) is 126 Å². The van der Waals surface area contributed by atoms with Crippen molar-refractivity contribution < 1.29 is 0 Å². The van der Waals surface area contributed by atoms with Crippen LogP contribution in [-0.2, 0) is 0 Å². The Morgan fingerprint density at radius 3 is 1.46 bits per heavy atom. The van der Waals surface area contributed by atoms with E-state index in [9.17, 15) is 0 Å². The third kappa shape index (κ3) is 5.15. The van der Waals surface area contributed by atoms with Crippen molar-refractivity contribution in [2.24, 2.45) is 0 Å². The molecule has 4 nitrogen and oxygen atoms in total. The van der Waals surface area contributed by atoms with Gasteiger partial charge >= 0.3 is 0 Å². The lowest BCUT2D eigenvalue weighted by Crippen LogP contribution is -2.00. The minimum absolute atomic E-state index is 0.661. The van der Waals surface area contributed by atoms with Gasteiger partial charge in [-0.05, 0) is 59.7 Å². The lowest BCUT2D eigenvalue weighted by Gasteiger charge is -2.09. The molecule has 6 heteroatoms. The summed E-state index contributed by atoms with van der Waals surface area (Å²) in [4.78, 5) is 15.0. The van der Waals surface area contributed by atoms with Crippen LogP contribution in [-0.4, -0.2) is 19.5 Å². The first-order valence-electron chi connectivity index (χ1n) is 19.0. The molecule has 4 heterocycles. The van der Waals surface area contributed by atoms with Gasteiger partial charge in [0.05, 0.1) is 21.4 Å². The molecule has 0 aliphatic rings. The minimum Gasteiger partial charge on any atom is -0.308 e. The van der Waals surface area contributed by atoms with Gasteiger partial charge in [-0.1, -0.05) is 133 Å². The highest BCUT2D eigenvalue weighted by Gasteiger charge is 2.19. The summed E-state index contributed by atoms with van der Waals surface area (Å²) in [7, 11) is 0. The molecule has 4 aromatic heterocycles. The fourth-order valence-corrected chi connectivity index (χ4v) is 10.8. The van der Waals surface area contributed by atoms with E-state index in [-0.39, 0.29) is 0 Å². The van der Waals surface area contributed by atoms with Crippen molar-refractivity contribution in [3.05, 3.63) is 182 Å². The van der Waals surface area contributed by atoms with Crippen LogP contribution < -0.4 is 0 Å². The zero-order chi connectivity index (χ0) is 37.5. The molecule has 0 saturated heterocycles. The molecule has 266 valence electrons. The Morgan fingerprint density at radius 2 is 0.825 bits per heavy atom. The molecule has 0 fully saturated rings. The third-order valence-corrected chi connectivity index (χ3v) is 13.5. The van der Waals surface area contributed by atoms with Crippen LogP contribution in [0.5, 0.6) is 0 Å². The van der Waals surface area contributed by atoms with Gasteiger partial charge in [0.25, 0.3) is 0 Å². The highest BCUT2D eigenvalue weighted by atomic mass is 32.1. The Morgan fingerprint density at radius 1 is 0.333 bits per heavy atom. The average Bonchev–Trinajstić information content (AvgIpc) is 3.96. The van der Waals surface area contributed by atoms with E-state index in [4.69, 9.17) is 15.0 Å². The molecule has 0 saturated carbocycles. The van der Waals surface area contributed by atoms with E-state index >= 15 is 0 Å². The maximum Gasteiger partial charge on any atom is 0.164 e. The summed E-state index contributed by atoms with van der Waals surface area (Å²) < 4.78 is 7.53. The summed E-state index contributed by atoms with van der Waals surface area (Å²) in [5.74, 6) is 1.98. The fourth-order valence-electron chi connectivity index (χ4n) is 8.41. The van der Waals surface area contributed by atoms with Crippen LogP contribution in [0.3, 0.4) is 0 Å². The number of aromatic nitrogens is 4. The number of hydrogen-bond donors (Lipinski definition) is 0. The molecular weight excluding hydrogens is 733 g/mol. The Balaban J connectivity index is 1.02. The van der Waals surface area contributed by atoms with Gasteiger partial charge in [0.2, 0.25) is 0 Å². The van der Waals surface area contributed by atoms with Crippen LogP contribution in [0.1, 0.15) is 0 Å². The Bertz CT molecular complexity index is 3410. The van der Waals surface area contributed by atoms with Crippen LogP contribution in [0.2, 0.25) is 0 Å². The van der Waals surface area contributed by atoms with Crippen molar-refractivity contribution >= 4 is 84.8 Å². The second-order valence-corrected chi connectivity index (χ2v) is 16.5. The minimum atomic E-state index is 0.661. The van der Waals surface area contributed by atoms with Gasteiger partial charge in [0.15, 0.2) is 17.5 Å². The first-order valence-corrected chi connectivity index (χ1v) is 20.7. The number of hydrogen-bond acceptors (Lipinski definition) is 5. The predicted molar refractivity (Wildman–Crippen MR) is 242 cm³/mol. The van der Waals surface area contributed by atoms with E-state index in [1.807, 2.05) is 83.3 Å². The monoisotopic (exact) mass is 762 g/mol. The Hall–Kier alpha value is -6.99. The van der Waals surface area contributed by atoms with E-state index in [0.717, 1.165) is 16.7 Å². The van der Waals surface area contributed by atoms with E-state index in [1.165, 1.54) is 79.0 Å². The topological polar surface area (TPSA) is 43.6 Å². The largest absolute Gasteiger partial charge is 0.308 e. The second kappa shape index (κ2) is 12.8. The van der Waals surface area contributed by atoms with E-state index < -0.39 is 0 Å². The molecule has 57 heavy (non-hydrogen) atoms. The molecule has 8 aromatic carbocycles. The van der Waals surface area contributed by atoms with Crippen LogP contribution in [0.4, 0.5) is 0 Å². The van der Waals surface area contributed by atoms with Crippen molar-refractivity contribution in [2.45, 2.75) is 0 Å². The molecule has 0 radical (unpaired) electrons. The number of benzene rings is 8. The summed E-state index contributed by atoms with van der Waals surface area (Å²) in [6, 6.07) is 64.9. The predicted octanol–water partition coefficient (Wildman–Crippen LogP) is 14.4. The van der Waals surface area contributed by atoms with Crippen molar-refractivity contribution in [1.82, 2.24) is 19.5 Å². The molecular formula is C51H30N4S2. The second-order valence-electron chi connectivity index (χ2n) is 14.4. The summed E-state index contributed by atoms with van der Waals surface area (Å²) >= 11 is 3.72. The molecule has 0 aliphatic carbocycles. The smallest absolute Gasteiger partial charge is 0.164 e. The summed E-state index contributed by atoms with van der Waals surface area (Å²) in [6.45, 7) is 0. The van der Waals surface area contributed by atoms with E-state index in [1.54, 1.807) is 0 Å². The van der Waals surface area contributed by atoms with Gasteiger partial charge in [-0.15, -0.1) is 22.7 Å². The van der Waals surface area contributed by atoms with Crippen LogP contribution in [0, 0.1) is 0 Å². The van der Waals surface area contributed by atoms with Gasteiger partial charge in [-0.2, -0.15) is 0 Å². The third-order valence-electron chi connectivity index (χ3n) is 11.1. The first-order chi connectivity index (χ1) is 28.2. The number of para-hydroxylation sites is 2. The Labute approximate surface area is 335 Å². The number of rotatable bonds is 5. The van der Waals surface area contributed by atoms with Gasteiger partial charge in [-0.3, -0.25) is 0 Å². The number of thiophene rings is 2. The molecule has 0 unspecified atom stereocenters. The van der Waals surface area contributed by atoms with Gasteiger partial charge in [-0.25, -0.2) is 15.0 Å². The lowest BCUT2D eigenvalue weighted by atomic mass is 10.00. The standard InChI is InChI=1S/C51H30N4S2/c1-3-13-31(14-4-1)49-52-50(32-15-5-2-6-16-32)54-51(53-49)34-26-28-46-41(30-34)40-29-33(25-27-45(40)56-46)35-19-11-20-38-39-21-12-24-44(48(39)57-47(35)38)55-42-22-9-7-17-36(42)37-18-8-10-23-43(37)55/h1-30H. The molecule has 0 aliphatic heterocycles. The van der Waals surface area contributed by atoms with Crippen molar-refractivity contribution in [3.63, 3.8) is 0 Å². The summed E-state index contributed by atoms with van der Waals surface area (Å²) in [6.07, 6.45) is 0. The van der Waals surface area contributed by atoms with Crippen LogP contribution in [0.15, 0.2) is 182 Å². The quantitative estimate of drug-likeness (QED) is 0.175. The first kappa shape index (κ1) is 32.3. The van der Waals surface area contributed by atoms with Crippen molar-refractivity contribution in [3.8, 4) is 51.0 Å². The van der Waals surface area contributed by atoms with E-state index in [0.29, 0.717) is 17.5 Å². The number of nitrogens with zero attached hydrogens (tertiary/aromatic N) is 4. The van der Waals surface area contributed by atoms with Crippen LogP contribution >= 0.6 is 22.7 Å². The maximum atomic E-state index is 5.03. The molecule has 12 rings (SSSR count). The molecule has 0 amide bonds. The average molecular weight is 763 g/mol. The molecule has 0 spiro atoms. The normalized spacial score (nSPS) is 11.9. The zero-order valence-electron chi connectivity index (χ0n) is 30.4. The zero-order valence-corrected chi connectivity index (χ0v) is 32.1. The van der Waals surface area contributed by atoms with Gasteiger partial charge in [0, 0.05) is 63.1 Å². The SMILES string of the molecule is c1ccc(-c2nc(-c3ccccc3)nc(-c3ccc4sc5ccc(-c6cccc7c6sc6c(-n8c9ccccc9c9ccccc98)cccc67)cc5c4c3)n2)cc1. The van der Waals surface area contributed by atoms with Gasteiger partial charge in [0.1, 0.15) is 0 Å². The Kier molecular flexibility index (Phi) is 7.24. The molecule has 0 atom stereocenters. The number of fused-ring (bicyclic) bond motifs is 9. The van der Waals surface area contributed by atoms with Crippen molar-refractivity contribution in [1.29, 1.82) is 0 Å². The summed E-state index contributed by atoms with van der Waals surface area (Å²) in [5, 5.41) is 7.55. The molecule has 12 aromatic rings. The molecule has 0 bridgehead atoms.